The van der Waals surface area contributed by atoms with Gasteiger partial charge in [0.2, 0.25) is 0 Å². The number of pyridine rings is 1. The zero-order valence-corrected chi connectivity index (χ0v) is 19.6. The molecule has 0 saturated carbocycles. The predicted molar refractivity (Wildman–Crippen MR) is 125 cm³/mol. The molecule has 0 radical (unpaired) electrons. The van der Waals surface area contributed by atoms with Crippen molar-refractivity contribution >= 4 is 35.2 Å². The van der Waals surface area contributed by atoms with Crippen LogP contribution in [-0.2, 0) is 4.74 Å². The van der Waals surface area contributed by atoms with Crippen molar-refractivity contribution in [3.05, 3.63) is 53.5 Å². The van der Waals surface area contributed by atoms with Gasteiger partial charge in [-0.1, -0.05) is 6.08 Å². The second-order valence-corrected chi connectivity index (χ2v) is 8.53. The first-order chi connectivity index (χ1) is 16.8. The number of anilines is 1. The van der Waals surface area contributed by atoms with E-state index >= 15 is 0 Å². The molecule has 1 aliphatic heterocycles. The molecule has 1 saturated heterocycles. The first kappa shape index (κ1) is 27.4. The average Bonchev–Trinajstić information content (AvgIpc) is 2.79. The van der Waals surface area contributed by atoms with Crippen LogP contribution >= 0.6 is 11.6 Å². The van der Waals surface area contributed by atoms with E-state index in [-0.39, 0.29) is 49.6 Å². The van der Waals surface area contributed by atoms with Crippen LogP contribution in [0.1, 0.15) is 22.3 Å². The van der Waals surface area contributed by atoms with Crippen molar-refractivity contribution in [1.29, 1.82) is 5.41 Å². The van der Waals surface area contributed by atoms with Crippen LogP contribution in [0, 0.1) is 5.41 Å². The van der Waals surface area contributed by atoms with E-state index in [4.69, 9.17) is 22.7 Å². The fourth-order valence-corrected chi connectivity index (χ4v) is 3.85. The fraction of sp³-hybridized carbons (Fsp3) is 0.409. The molecule has 1 aliphatic carbocycles. The highest BCUT2D eigenvalue weighted by Gasteiger charge is 2.33. The third-order valence-corrected chi connectivity index (χ3v) is 5.47. The van der Waals surface area contributed by atoms with Gasteiger partial charge in [-0.2, -0.15) is 13.2 Å². The molecule has 14 heteroatoms. The molecule has 1 amide bonds. The molecule has 36 heavy (non-hydrogen) atoms. The number of halogens is 6. The van der Waals surface area contributed by atoms with E-state index in [1.54, 1.807) is 4.90 Å². The Morgan fingerprint density at radius 3 is 2.53 bits per heavy atom. The Morgan fingerprint density at radius 1 is 1.28 bits per heavy atom. The molecule has 3 rings (SSSR count). The van der Waals surface area contributed by atoms with Crippen LogP contribution in [0.15, 0.2) is 42.3 Å². The summed E-state index contributed by atoms with van der Waals surface area (Å²) in [6, 6.07) is 0.980. The first-order valence-electron chi connectivity index (χ1n) is 10.8. The standard InChI is InChI=1S/C22H24ClF5N6O2/c23-22(27,28)36-16-3-1-15(2-4-16)32-20(35)14-11-17(18(30)5-6-29)19(31-12-14)34-9-7-33(8-10-34)13-21(24,25)26/h1,3-6,11-12,15,29H,2,7-10,13,30H2,(H,32,35)/b18-5-,29-6?. The topological polar surface area (TPSA) is 108 Å². The van der Waals surface area contributed by atoms with Crippen molar-refractivity contribution in [3.8, 4) is 0 Å². The van der Waals surface area contributed by atoms with Gasteiger partial charge in [-0.25, -0.2) is 4.98 Å². The highest BCUT2D eigenvalue weighted by Crippen LogP contribution is 2.28. The van der Waals surface area contributed by atoms with Gasteiger partial charge in [-0.15, -0.1) is 8.78 Å². The number of allylic oxidation sites excluding steroid dienone is 2. The lowest BCUT2D eigenvalue weighted by atomic mass is 10.1. The van der Waals surface area contributed by atoms with Gasteiger partial charge in [0, 0.05) is 61.5 Å². The van der Waals surface area contributed by atoms with Crippen molar-refractivity contribution < 1.29 is 31.5 Å². The Morgan fingerprint density at radius 2 is 1.97 bits per heavy atom. The monoisotopic (exact) mass is 534 g/mol. The third-order valence-electron chi connectivity index (χ3n) is 5.39. The number of nitrogens with zero attached hydrogens (tertiary/aromatic N) is 3. The van der Waals surface area contributed by atoms with Crippen LogP contribution in [-0.4, -0.2) is 72.5 Å². The summed E-state index contributed by atoms with van der Waals surface area (Å²) in [5, 5.41) is 10.0. The minimum atomic E-state index is -4.29. The molecule has 1 aromatic rings. The number of carbonyl (C=O) groups excluding carboxylic acids is 1. The summed E-state index contributed by atoms with van der Waals surface area (Å²) in [4.78, 5) is 20.2. The Bertz CT molecular complexity index is 1060. The van der Waals surface area contributed by atoms with Gasteiger partial charge in [0.05, 0.1) is 18.2 Å². The quantitative estimate of drug-likeness (QED) is 0.268. The number of piperazine rings is 1. The number of aromatic nitrogens is 1. The van der Waals surface area contributed by atoms with Crippen molar-refractivity contribution in [2.45, 2.75) is 24.2 Å². The number of ether oxygens (including phenoxy) is 1. The minimum Gasteiger partial charge on any atom is -0.420 e. The molecule has 0 aromatic carbocycles. The van der Waals surface area contributed by atoms with Crippen molar-refractivity contribution in [1.82, 2.24) is 15.2 Å². The second-order valence-electron chi connectivity index (χ2n) is 8.09. The molecular formula is C22H24ClF5N6O2. The van der Waals surface area contributed by atoms with Crippen LogP contribution in [0.2, 0.25) is 0 Å². The lowest BCUT2D eigenvalue weighted by molar-refractivity contribution is -0.146. The van der Waals surface area contributed by atoms with Crippen molar-refractivity contribution in [2.75, 3.05) is 37.6 Å². The Balaban J connectivity index is 1.72. The SMILES string of the molecule is N=C/C=C(\N)c1cc(C(=O)NC2C=CC(OC(F)(F)Cl)=CC2)cnc1N1CCN(CC(F)(F)F)CC1. The molecule has 0 bridgehead atoms. The average molecular weight is 535 g/mol. The van der Waals surface area contributed by atoms with Gasteiger partial charge in [0.25, 0.3) is 5.91 Å². The van der Waals surface area contributed by atoms with Gasteiger partial charge in [-0.05, 0) is 30.7 Å². The summed E-state index contributed by atoms with van der Waals surface area (Å²) in [5.74, 6) is -0.255. The van der Waals surface area contributed by atoms with E-state index in [0.717, 1.165) is 6.21 Å². The maximum Gasteiger partial charge on any atom is 0.487 e. The van der Waals surface area contributed by atoms with E-state index in [9.17, 15) is 26.7 Å². The summed E-state index contributed by atoms with van der Waals surface area (Å²) in [6.45, 7) is -0.127. The first-order valence-corrected chi connectivity index (χ1v) is 11.2. The van der Waals surface area contributed by atoms with Crippen molar-refractivity contribution in [3.63, 3.8) is 0 Å². The maximum atomic E-state index is 12.8. The molecule has 2 aliphatic rings. The summed E-state index contributed by atoms with van der Waals surface area (Å²) in [6.07, 6.45) is 3.59. The van der Waals surface area contributed by atoms with E-state index in [0.29, 0.717) is 11.4 Å². The molecule has 4 N–H and O–H groups in total. The van der Waals surface area contributed by atoms with Gasteiger partial charge >= 0.3 is 11.7 Å². The number of hydrogen-bond donors (Lipinski definition) is 3. The van der Waals surface area contributed by atoms with Gasteiger partial charge in [0.1, 0.15) is 11.6 Å². The van der Waals surface area contributed by atoms with Crippen LogP contribution in [0.25, 0.3) is 5.70 Å². The van der Waals surface area contributed by atoms with Gasteiger partial charge in [-0.3, -0.25) is 9.69 Å². The normalized spacial score (nSPS) is 19.6. The Kier molecular flexibility index (Phi) is 8.56. The van der Waals surface area contributed by atoms with E-state index in [1.165, 1.54) is 41.5 Å². The van der Waals surface area contributed by atoms with Gasteiger partial charge < -0.3 is 26.1 Å². The summed E-state index contributed by atoms with van der Waals surface area (Å²) >= 11 is 4.74. The smallest absolute Gasteiger partial charge is 0.420 e. The number of carbonyl (C=O) groups is 1. The zero-order valence-electron chi connectivity index (χ0n) is 18.9. The highest BCUT2D eigenvalue weighted by atomic mass is 35.5. The lowest BCUT2D eigenvalue weighted by Crippen LogP contribution is -2.49. The third kappa shape index (κ3) is 7.92. The lowest BCUT2D eigenvalue weighted by Gasteiger charge is -2.36. The van der Waals surface area contributed by atoms with E-state index in [1.807, 2.05) is 0 Å². The van der Waals surface area contributed by atoms with Crippen LogP contribution in [0.5, 0.6) is 0 Å². The summed E-state index contributed by atoms with van der Waals surface area (Å²) in [7, 11) is 0. The van der Waals surface area contributed by atoms with Crippen LogP contribution in [0.3, 0.4) is 0 Å². The fourth-order valence-electron chi connectivity index (χ4n) is 3.77. The molecular weight excluding hydrogens is 511 g/mol. The number of nitrogens with two attached hydrogens (primary N) is 1. The molecule has 1 atom stereocenters. The predicted octanol–water partition coefficient (Wildman–Crippen LogP) is 3.46. The largest absolute Gasteiger partial charge is 0.487 e. The summed E-state index contributed by atoms with van der Waals surface area (Å²) < 4.78 is 67.8. The molecule has 1 unspecified atom stereocenters. The number of alkyl halides is 6. The highest BCUT2D eigenvalue weighted by molar-refractivity contribution is 6.20. The Hall–Kier alpha value is -3.19. The van der Waals surface area contributed by atoms with E-state index < -0.39 is 30.2 Å². The number of rotatable bonds is 8. The van der Waals surface area contributed by atoms with E-state index in [2.05, 4.69) is 15.0 Å². The van der Waals surface area contributed by atoms with Crippen LogP contribution in [0.4, 0.5) is 27.8 Å². The molecule has 0 spiro atoms. The number of nitrogens with one attached hydrogen (secondary N) is 2. The number of amides is 1. The summed E-state index contributed by atoms with van der Waals surface area (Å²) in [5.41, 5.74) is 2.91. The van der Waals surface area contributed by atoms with Crippen molar-refractivity contribution in [2.24, 2.45) is 5.73 Å². The van der Waals surface area contributed by atoms with Gasteiger partial charge in [0.15, 0.2) is 0 Å². The molecule has 1 aromatic heterocycles. The second kappa shape index (κ2) is 11.2. The maximum absolute atomic E-state index is 12.8. The van der Waals surface area contributed by atoms with Crippen LogP contribution < -0.4 is 16.0 Å². The minimum absolute atomic E-state index is 0.131. The molecule has 1 fully saturated rings. The zero-order chi connectivity index (χ0) is 26.5. The molecule has 196 valence electrons. The molecule has 2 heterocycles. The molecule has 8 nitrogen and oxygen atoms in total. The Labute approximate surface area is 208 Å². The number of hydrogen-bond acceptors (Lipinski definition) is 7.